The summed E-state index contributed by atoms with van der Waals surface area (Å²) in [5.41, 5.74) is 0.872. The summed E-state index contributed by atoms with van der Waals surface area (Å²) >= 11 is 1.46. The molecule has 1 fully saturated rings. The minimum atomic E-state index is -0.222. The molecule has 1 aromatic carbocycles. The number of aromatic nitrogens is 3. The van der Waals surface area contributed by atoms with E-state index in [1.807, 2.05) is 41.8 Å². The maximum Gasteiger partial charge on any atom is 0.236 e. The van der Waals surface area contributed by atoms with Crippen molar-refractivity contribution in [1.29, 1.82) is 0 Å². The molecule has 2 unspecified atom stereocenters. The highest BCUT2D eigenvalue weighted by molar-refractivity contribution is 8.00. The second kappa shape index (κ2) is 9.96. The number of piperidine rings is 1. The molecule has 1 aliphatic rings. The molecule has 0 saturated carbocycles. The van der Waals surface area contributed by atoms with Crippen LogP contribution in [0.25, 0.3) is 11.4 Å². The minimum Gasteiger partial charge on any atom is -0.496 e. The van der Waals surface area contributed by atoms with Crippen LogP contribution in [0.5, 0.6) is 5.75 Å². The molecule has 2 atom stereocenters. The van der Waals surface area contributed by atoms with Crippen molar-refractivity contribution in [3.8, 4) is 17.1 Å². The van der Waals surface area contributed by atoms with Gasteiger partial charge in [-0.1, -0.05) is 36.9 Å². The topological polar surface area (TPSA) is 60.2 Å². The highest BCUT2D eigenvalue weighted by Gasteiger charge is 2.30. The Bertz CT molecular complexity index is 851. The van der Waals surface area contributed by atoms with Crippen LogP contribution in [0.15, 0.2) is 42.1 Å². The molecule has 0 bridgehead atoms. The Kier molecular flexibility index (Phi) is 7.36. The Morgan fingerprint density at radius 2 is 2.17 bits per heavy atom. The van der Waals surface area contributed by atoms with E-state index in [9.17, 15) is 4.79 Å². The summed E-state index contributed by atoms with van der Waals surface area (Å²) in [6, 6.07) is 8.10. The molecule has 29 heavy (non-hydrogen) atoms. The average molecular weight is 415 g/mol. The van der Waals surface area contributed by atoms with Gasteiger partial charge >= 0.3 is 0 Å². The summed E-state index contributed by atoms with van der Waals surface area (Å²) in [6.45, 7) is 9.41. The Balaban J connectivity index is 1.84. The van der Waals surface area contributed by atoms with E-state index in [1.165, 1.54) is 18.2 Å². The standard InChI is InChI=1S/C22H30N4O2S/c1-5-14-26-20(18-12-7-8-13-19(18)28-4)23-24-22(26)29-16(3)21(27)25-15-10-9-11-17(25)6-2/h5,7-8,12-13,16-17H,1,6,9-11,14-15H2,2-4H3. The largest absolute Gasteiger partial charge is 0.496 e. The van der Waals surface area contributed by atoms with E-state index in [2.05, 4.69) is 28.6 Å². The molecule has 7 heteroatoms. The molecular formula is C22H30N4O2S. The number of carbonyl (C=O) groups excluding carboxylic acids is 1. The third-order valence-corrected chi connectivity index (χ3v) is 6.46. The maximum atomic E-state index is 13.1. The van der Waals surface area contributed by atoms with E-state index < -0.39 is 0 Å². The predicted octanol–water partition coefficient (Wildman–Crippen LogP) is 4.41. The van der Waals surface area contributed by atoms with Gasteiger partial charge < -0.3 is 9.64 Å². The van der Waals surface area contributed by atoms with Gasteiger partial charge in [0.1, 0.15) is 5.75 Å². The van der Waals surface area contributed by atoms with Gasteiger partial charge in [0.25, 0.3) is 0 Å². The summed E-state index contributed by atoms with van der Waals surface area (Å²) in [5.74, 6) is 1.65. The summed E-state index contributed by atoms with van der Waals surface area (Å²) in [5, 5.41) is 9.30. The molecule has 2 heterocycles. The first kappa shape index (κ1) is 21.4. The first-order valence-corrected chi connectivity index (χ1v) is 11.1. The fraction of sp³-hybridized carbons (Fsp3) is 0.500. The molecule has 1 aromatic heterocycles. The van der Waals surface area contributed by atoms with E-state index in [-0.39, 0.29) is 11.2 Å². The van der Waals surface area contributed by atoms with Crippen LogP contribution >= 0.6 is 11.8 Å². The van der Waals surface area contributed by atoms with Crippen LogP contribution in [0.3, 0.4) is 0 Å². The number of rotatable bonds is 8. The average Bonchev–Trinajstić information content (AvgIpc) is 3.15. The molecular weight excluding hydrogens is 384 g/mol. The van der Waals surface area contributed by atoms with Crippen molar-refractivity contribution in [1.82, 2.24) is 19.7 Å². The van der Waals surface area contributed by atoms with Gasteiger partial charge in [0.05, 0.1) is 17.9 Å². The SMILES string of the molecule is C=CCn1c(SC(C)C(=O)N2CCCCC2CC)nnc1-c1ccccc1OC. The van der Waals surface area contributed by atoms with Crippen LogP contribution in [0, 0.1) is 0 Å². The van der Waals surface area contributed by atoms with Gasteiger partial charge in [0.15, 0.2) is 11.0 Å². The third-order valence-electron chi connectivity index (χ3n) is 5.39. The Labute approximate surface area is 177 Å². The molecule has 0 radical (unpaired) electrons. The smallest absolute Gasteiger partial charge is 0.236 e. The van der Waals surface area contributed by atoms with Crippen molar-refractivity contribution in [2.24, 2.45) is 0 Å². The number of nitrogens with zero attached hydrogens (tertiary/aromatic N) is 4. The highest BCUT2D eigenvalue weighted by Crippen LogP contribution is 2.33. The van der Waals surface area contributed by atoms with Crippen molar-refractivity contribution in [3.63, 3.8) is 0 Å². The van der Waals surface area contributed by atoms with Gasteiger partial charge in [-0.05, 0) is 44.7 Å². The lowest BCUT2D eigenvalue weighted by Crippen LogP contribution is -2.46. The first-order chi connectivity index (χ1) is 14.1. The monoisotopic (exact) mass is 414 g/mol. The van der Waals surface area contributed by atoms with Crippen LogP contribution in [-0.4, -0.2) is 50.5 Å². The number of para-hydroxylation sites is 1. The Morgan fingerprint density at radius 3 is 2.90 bits per heavy atom. The number of allylic oxidation sites excluding steroid dienone is 1. The number of amides is 1. The zero-order valence-corrected chi connectivity index (χ0v) is 18.3. The number of ether oxygens (including phenoxy) is 1. The minimum absolute atomic E-state index is 0.188. The van der Waals surface area contributed by atoms with E-state index in [4.69, 9.17) is 4.74 Å². The lowest BCUT2D eigenvalue weighted by atomic mass is 10.00. The van der Waals surface area contributed by atoms with Crippen LogP contribution in [0.1, 0.15) is 39.5 Å². The molecule has 3 rings (SSSR count). The Morgan fingerprint density at radius 1 is 1.38 bits per heavy atom. The second-order valence-electron chi connectivity index (χ2n) is 7.26. The maximum absolute atomic E-state index is 13.1. The van der Waals surface area contributed by atoms with Gasteiger partial charge in [0.2, 0.25) is 5.91 Å². The molecule has 0 spiro atoms. The quantitative estimate of drug-likeness (QED) is 0.473. The molecule has 156 valence electrons. The van der Waals surface area contributed by atoms with E-state index in [0.29, 0.717) is 18.4 Å². The molecule has 0 N–H and O–H groups in total. The number of likely N-dealkylation sites (tertiary alicyclic amines) is 1. The van der Waals surface area contributed by atoms with Gasteiger partial charge in [-0.25, -0.2) is 0 Å². The fourth-order valence-corrected chi connectivity index (χ4v) is 4.78. The number of hydrogen-bond donors (Lipinski definition) is 0. The number of methoxy groups -OCH3 is 1. The summed E-state index contributed by atoms with van der Waals surface area (Å²) < 4.78 is 7.48. The normalized spacial score (nSPS) is 17.8. The van der Waals surface area contributed by atoms with Crippen molar-refractivity contribution >= 4 is 17.7 Å². The molecule has 1 saturated heterocycles. The fourth-order valence-electron chi connectivity index (χ4n) is 3.86. The van der Waals surface area contributed by atoms with Crippen LogP contribution in [-0.2, 0) is 11.3 Å². The third kappa shape index (κ3) is 4.66. The highest BCUT2D eigenvalue weighted by atomic mass is 32.2. The van der Waals surface area contributed by atoms with Gasteiger partial charge in [-0.2, -0.15) is 0 Å². The molecule has 1 amide bonds. The summed E-state index contributed by atoms with van der Waals surface area (Å²) in [7, 11) is 1.65. The van der Waals surface area contributed by atoms with Crippen LogP contribution in [0.4, 0.5) is 0 Å². The number of carbonyl (C=O) groups is 1. The van der Waals surface area contributed by atoms with E-state index >= 15 is 0 Å². The molecule has 6 nitrogen and oxygen atoms in total. The summed E-state index contributed by atoms with van der Waals surface area (Å²) in [4.78, 5) is 15.2. The number of hydrogen-bond acceptors (Lipinski definition) is 5. The Hall–Kier alpha value is -2.28. The summed E-state index contributed by atoms with van der Waals surface area (Å²) in [6.07, 6.45) is 6.22. The van der Waals surface area contributed by atoms with Crippen molar-refractivity contribution in [2.45, 2.75) is 62.5 Å². The number of benzene rings is 1. The van der Waals surface area contributed by atoms with Crippen LogP contribution in [0.2, 0.25) is 0 Å². The second-order valence-corrected chi connectivity index (χ2v) is 8.56. The van der Waals surface area contributed by atoms with Gasteiger partial charge in [0, 0.05) is 19.1 Å². The van der Waals surface area contributed by atoms with Gasteiger partial charge in [-0.3, -0.25) is 9.36 Å². The molecule has 0 aliphatic carbocycles. The molecule has 2 aromatic rings. The van der Waals surface area contributed by atoms with Crippen molar-refractivity contribution in [2.75, 3.05) is 13.7 Å². The van der Waals surface area contributed by atoms with Gasteiger partial charge in [-0.15, -0.1) is 16.8 Å². The lowest BCUT2D eigenvalue weighted by Gasteiger charge is -2.36. The van der Waals surface area contributed by atoms with Crippen molar-refractivity contribution < 1.29 is 9.53 Å². The molecule has 1 aliphatic heterocycles. The number of thioether (sulfide) groups is 1. The predicted molar refractivity (Wildman–Crippen MR) is 117 cm³/mol. The lowest BCUT2D eigenvalue weighted by molar-refractivity contribution is -0.134. The van der Waals surface area contributed by atoms with Crippen molar-refractivity contribution in [3.05, 3.63) is 36.9 Å². The van der Waals surface area contributed by atoms with E-state index in [0.717, 1.165) is 42.3 Å². The van der Waals surface area contributed by atoms with E-state index in [1.54, 1.807) is 7.11 Å². The zero-order chi connectivity index (χ0) is 20.8. The van der Waals surface area contributed by atoms with Crippen LogP contribution < -0.4 is 4.74 Å². The first-order valence-electron chi connectivity index (χ1n) is 10.2. The zero-order valence-electron chi connectivity index (χ0n) is 17.5.